The summed E-state index contributed by atoms with van der Waals surface area (Å²) in [6.45, 7) is 5.37. The highest BCUT2D eigenvalue weighted by atomic mass is 16.5. The molecule has 1 amide bonds. The lowest BCUT2D eigenvalue weighted by Gasteiger charge is -2.16. The third-order valence-electron chi connectivity index (χ3n) is 3.43. The third kappa shape index (κ3) is 3.22. The van der Waals surface area contributed by atoms with E-state index in [-0.39, 0.29) is 11.4 Å². The summed E-state index contributed by atoms with van der Waals surface area (Å²) in [5.74, 6) is 1.14. The molecule has 1 aromatic rings. The maximum atomic E-state index is 12.2. The van der Waals surface area contributed by atoms with Gasteiger partial charge in [0.1, 0.15) is 0 Å². The summed E-state index contributed by atoms with van der Waals surface area (Å²) in [4.78, 5) is 12.2. The molecule has 0 saturated heterocycles. The molecule has 1 fully saturated rings. The highest BCUT2D eigenvalue weighted by Gasteiger charge is 2.42. The first kappa shape index (κ1) is 14.7. The normalized spacial score (nSPS) is 15.6. The zero-order chi connectivity index (χ0) is 14.6. The Morgan fingerprint density at radius 1 is 1.25 bits per heavy atom. The molecule has 1 aliphatic rings. The number of carbonyl (C=O) groups excluding carboxylic acids is 1. The van der Waals surface area contributed by atoms with E-state index in [0.29, 0.717) is 36.8 Å². The smallest absolute Gasteiger partial charge is 0.251 e. The van der Waals surface area contributed by atoms with Gasteiger partial charge in [0.2, 0.25) is 0 Å². The zero-order valence-corrected chi connectivity index (χ0v) is 12.1. The summed E-state index contributed by atoms with van der Waals surface area (Å²) >= 11 is 0. The molecule has 1 aliphatic carbocycles. The highest BCUT2D eigenvalue weighted by Crippen LogP contribution is 2.35. The molecule has 0 heterocycles. The number of nitrogens with two attached hydrogens (primary N) is 1. The first-order valence-electron chi connectivity index (χ1n) is 7.06. The number of ether oxygens (including phenoxy) is 2. The van der Waals surface area contributed by atoms with E-state index in [4.69, 9.17) is 15.2 Å². The van der Waals surface area contributed by atoms with Gasteiger partial charge >= 0.3 is 0 Å². The van der Waals surface area contributed by atoms with Gasteiger partial charge in [0.05, 0.1) is 18.8 Å². The van der Waals surface area contributed by atoms with E-state index in [1.165, 1.54) is 0 Å². The minimum Gasteiger partial charge on any atom is -0.490 e. The average Bonchev–Trinajstić information content (AvgIpc) is 3.21. The number of amides is 1. The quantitative estimate of drug-likeness (QED) is 0.796. The Balaban J connectivity index is 2.15. The lowest BCUT2D eigenvalue weighted by molar-refractivity contribution is 0.0932. The number of nitrogens with one attached hydrogen (secondary N) is 1. The predicted molar refractivity (Wildman–Crippen MR) is 77.3 cm³/mol. The minimum atomic E-state index is -0.193. The van der Waals surface area contributed by atoms with Gasteiger partial charge in [-0.15, -0.1) is 0 Å². The van der Waals surface area contributed by atoms with Gasteiger partial charge in [-0.1, -0.05) is 0 Å². The molecular formula is C15H22N2O3. The Morgan fingerprint density at radius 2 is 1.90 bits per heavy atom. The number of benzene rings is 1. The Hall–Kier alpha value is -1.75. The van der Waals surface area contributed by atoms with Gasteiger partial charge < -0.3 is 20.5 Å². The van der Waals surface area contributed by atoms with Crippen LogP contribution < -0.4 is 20.5 Å². The van der Waals surface area contributed by atoms with Crippen molar-refractivity contribution in [1.82, 2.24) is 5.32 Å². The van der Waals surface area contributed by atoms with Crippen molar-refractivity contribution in [1.29, 1.82) is 0 Å². The number of carbonyl (C=O) groups is 1. The van der Waals surface area contributed by atoms with Crippen LogP contribution in [-0.2, 0) is 0 Å². The number of hydrogen-bond acceptors (Lipinski definition) is 4. The minimum absolute atomic E-state index is 0.114. The van der Waals surface area contributed by atoms with Gasteiger partial charge in [0.25, 0.3) is 5.91 Å². The molecule has 0 aliphatic heterocycles. The van der Waals surface area contributed by atoms with Crippen molar-refractivity contribution in [3.63, 3.8) is 0 Å². The Morgan fingerprint density at radius 3 is 2.45 bits per heavy atom. The van der Waals surface area contributed by atoms with Crippen LogP contribution in [0.15, 0.2) is 18.2 Å². The first-order valence-corrected chi connectivity index (χ1v) is 7.06. The molecule has 2 rings (SSSR count). The van der Waals surface area contributed by atoms with Gasteiger partial charge in [-0.05, 0) is 44.9 Å². The van der Waals surface area contributed by atoms with Crippen LogP contribution in [0.25, 0.3) is 0 Å². The zero-order valence-electron chi connectivity index (χ0n) is 12.1. The molecule has 1 aromatic carbocycles. The van der Waals surface area contributed by atoms with E-state index in [9.17, 15) is 4.79 Å². The molecule has 0 spiro atoms. The van der Waals surface area contributed by atoms with E-state index in [2.05, 4.69) is 5.32 Å². The van der Waals surface area contributed by atoms with Crippen LogP contribution in [0, 0.1) is 0 Å². The fourth-order valence-corrected chi connectivity index (χ4v) is 2.04. The van der Waals surface area contributed by atoms with Crippen molar-refractivity contribution in [2.75, 3.05) is 19.8 Å². The summed E-state index contributed by atoms with van der Waals surface area (Å²) < 4.78 is 11.0. The average molecular weight is 278 g/mol. The molecule has 0 unspecified atom stereocenters. The van der Waals surface area contributed by atoms with Crippen molar-refractivity contribution in [2.45, 2.75) is 32.2 Å². The summed E-state index contributed by atoms with van der Waals surface area (Å²) in [7, 11) is 0. The van der Waals surface area contributed by atoms with Gasteiger partial charge in [-0.25, -0.2) is 0 Å². The van der Waals surface area contributed by atoms with Crippen molar-refractivity contribution in [3.8, 4) is 11.5 Å². The van der Waals surface area contributed by atoms with E-state index in [1.807, 2.05) is 13.8 Å². The van der Waals surface area contributed by atoms with Crippen molar-refractivity contribution in [3.05, 3.63) is 23.8 Å². The van der Waals surface area contributed by atoms with Gasteiger partial charge in [0, 0.05) is 12.1 Å². The Bertz CT molecular complexity index is 484. The monoisotopic (exact) mass is 278 g/mol. The van der Waals surface area contributed by atoms with Gasteiger partial charge in [0.15, 0.2) is 11.5 Å². The number of rotatable bonds is 7. The molecule has 1 saturated carbocycles. The van der Waals surface area contributed by atoms with Crippen LogP contribution in [-0.4, -0.2) is 31.2 Å². The molecule has 0 atom stereocenters. The summed E-state index contributed by atoms with van der Waals surface area (Å²) in [5.41, 5.74) is 6.05. The van der Waals surface area contributed by atoms with Crippen LogP contribution in [0.5, 0.6) is 11.5 Å². The molecule has 20 heavy (non-hydrogen) atoms. The maximum absolute atomic E-state index is 12.2. The van der Waals surface area contributed by atoms with Crippen molar-refractivity contribution < 1.29 is 14.3 Å². The third-order valence-corrected chi connectivity index (χ3v) is 3.43. The molecular weight excluding hydrogens is 256 g/mol. The van der Waals surface area contributed by atoms with Crippen molar-refractivity contribution in [2.24, 2.45) is 5.73 Å². The molecule has 110 valence electrons. The van der Waals surface area contributed by atoms with E-state index in [1.54, 1.807) is 18.2 Å². The lowest BCUT2D eigenvalue weighted by atomic mass is 10.1. The molecule has 5 heteroatoms. The lowest BCUT2D eigenvalue weighted by Crippen LogP contribution is -2.42. The Kier molecular flexibility index (Phi) is 4.49. The van der Waals surface area contributed by atoms with Crippen LogP contribution >= 0.6 is 0 Å². The fourth-order valence-electron chi connectivity index (χ4n) is 2.04. The summed E-state index contributed by atoms with van der Waals surface area (Å²) in [6.07, 6.45) is 1.90. The SMILES string of the molecule is CCOc1ccc(C(=O)NC2(CN)CC2)cc1OCC. The van der Waals surface area contributed by atoms with Crippen LogP contribution in [0.1, 0.15) is 37.0 Å². The Labute approximate surface area is 119 Å². The van der Waals surface area contributed by atoms with Gasteiger partial charge in [-0.2, -0.15) is 0 Å². The first-order chi connectivity index (χ1) is 9.64. The molecule has 5 nitrogen and oxygen atoms in total. The standard InChI is InChI=1S/C15H22N2O3/c1-3-19-12-6-5-11(9-13(12)20-4-2)14(18)17-15(10-16)7-8-15/h5-6,9H,3-4,7-8,10,16H2,1-2H3,(H,17,18). The molecule has 0 bridgehead atoms. The summed E-state index contributed by atoms with van der Waals surface area (Å²) in [5, 5.41) is 2.99. The largest absolute Gasteiger partial charge is 0.490 e. The van der Waals surface area contributed by atoms with E-state index >= 15 is 0 Å². The number of hydrogen-bond donors (Lipinski definition) is 2. The predicted octanol–water partition coefficient (Wildman–Crippen LogP) is 1.71. The van der Waals surface area contributed by atoms with Crippen LogP contribution in [0.3, 0.4) is 0 Å². The van der Waals surface area contributed by atoms with Crippen molar-refractivity contribution >= 4 is 5.91 Å². The van der Waals surface area contributed by atoms with E-state index in [0.717, 1.165) is 12.8 Å². The second-order valence-electron chi connectivity index (χ2n) is 4.97. The molecule has 0 radical (unpaired) electrons. The second kappa shape index (κ2) is 6.13. The molecule has 3 N–H and O–H groups in total. The van der Waals surface area contributed by atoms with Gasteiger partial charge in [-0.3, -0.25) is 4.79 Å². The van der Waals surface area contributed by atoms with Crippen LogP contribution in [0.2, 0.25) is 0 Å². The second-order valence-corrected chi connectivity index (χ2v) is 4.97. The fraction of sp³-hybridized carbons (Fsp3) is 0.533. The summed E-state index contributed by atoms with van der Waals surface area (Å²) in [6, 6.07) is 5.23. The maximum Gasteiger partial charge on any atom is 0.251 e. The molecule has 0 aromatic heterocycles. The highest BCUT2D eigenvalue weighted by molar-refractivity contribution is 5.95. The van der Waals surface area contributed by atoms with Crippen LogP contribution in [0.4, 0.5) is 0 Å². The topological polar surface area (TPSA) is 73.6 Å². The van der Waals surface area contributed by atoms with E-state index < -0.39 is 0 Å².